The number of hydrogen-bond acceptors (Lipinski definition) is 3. The summed E-state index contributed by atoms with van der Waals surface area (Å²) in [5, 5.41) is 0. The van der Waals surface area contributed by atoms with E-state index in [1.54, 1.807) is 14.1 Å². The van der Waals surface area contributed by atoms with Crippen molar-refractivity contribution in [3.63, 3.8) is 0 Å². The Morgan fingerprint density at radius 2 is 2.25 bits per heavy atom. The lowest BCUT2D eigenvalue weighted by Gasteiger charge is -2.31. The van der Waals surface area contributed by atoms with Gasteiger partial charge >= 0.3 is 6.09 Å². The third kappa shape index (κ3) is 2.03. The van der Waals surface area contributed by atoms with Crippen LogP contribution in [0.3, 0.4) is 0 Å². The summed E-state index contributed by atoms with van der Waals surface area (Å²) in [6.45, 7) is 4.06. The number of hydrogen-bond donors (Lipinski definition) is 0. The summed E-state index contributed by atoms with van der Waals surface area (Å²) in [5.41, 5.74) is 0.384. The average molecular weight is 226 g/mol. The van der Waals surface area contributed by atoms with Crippen LogP contribution >= 0.6 is 0 Å². The van der Waals surface area contributed by atoms with E-state index in [0.717, 1.165) is 6.42 Å². The number of amides is 1. The molecule has 2 saturated heterocycles. The molecule has 2 aliphatic heterocycles. The van der Waals surface area contributed by atoms with Crippen LogP contribution in [-0.2, 0) is 4.74 Å². The van der Waals surface area contributed by atoms with Crippen LogP contribution in [0.2, 0.25) is 0 Å². The van der Waals surface area contributed by atoms with Crippen molar-refractivity contribution in [2.45, 2.75) is 44.2 Å². The first-order valence-corrected chi connectivity index (χ1v) is 6.14. The third-order valence-electron chi connectivity index (χ3n) is 4.03. The zero-order valence-electron chi connectivity index (χ0n) is 10.5. The van der Waals surface area contributed by atoms with Crippen LogP contribution in [-0.4, -0.2) is 54.7 Å². The number of fused-ring (bicyclic) bond motifs is 1. The van der Waals surface area contributed by atoms with E-state index in [-0.39, 0.29) is 6.09 Å². The minimum atomic E-state index is -0.229. The van der Waals surface area contributed by atoms with E-state index in [2.05, 4.69) is 11.8 Å². The van der Waals surface area contributed by atoms with Crippen molar-refractivity contribution in [3.8, 4) is 0 Å². The van der Waals surface area contributed by atoms with Crippen molar-refractivity contribution >= 4 is 6.09 Å². The van der Waals surface area contributed by atoms with Crippen LogP contribution in [0.25, 0.3) is 0 Å². The van der Waals surface area contributed by atoms with E-state index in [1.807, 2.05) is 0 Å². The molecular weight excluding hydrogens is 204 g/mol. The Kier molecular flexibility index (Phi) is 3.10. The first-order valence-electron chi connectivity index (χ1n) is 6.14. The monoisotopic (exact) mass is 226 g/mol. The van der Waals surface area contributed by atoms with Gasteiger partial charge in [-0.15, -0.1) is 0 Å². The lowest BCUT2D eigenvalue weighted by atomic mass is 9.97. The summed E-state index contributed by atoms with van der Waals surface area (Å²) >= 11 is 0. The molecule has 92 valence electrons. The molecular formula is C12H22N2O2. The Labute approximate surface area is 97.5 Å². The van der Waals surface area contributed by atoms with Gasteiger partial charge in [0.25, 0.3) is 0 Å². The molecule has 0 unspecified atom stereocenters. The topological polar surface area (TPSA) is 32.8 Å². The van der Waals surface area contributed by atoms with Crippen molar-refractivity contribution in [3.05, 3.63) is 0 Å². The normalized spacial score (nSPS) is 33.8. The second-order valence-corrected chi connectivity index (χ2v) is 5.46. The first kappa shape index (κ1) is 11.7. The fourth-order valence-electron chi connectivity index (χ4n) is 3.04. The smallest absolute Gasteiger partial charge is 0.409 e. The van der Waals surface area contributed by atoms with E-state index in [0.29, 0.717) is 18.2 Å². The van der Waals surface area contributed by atoms with E-state index < -0.39 is 0 Å². The zero-order valence-corrected chi connectivity index (χ0v) is 10.5. The number of ether oxygens (including phenoxy) is 1. The first-order chi connectivity index (χ1) is 7.53. The maximum absolute atomic E-state index is 11.4. The quantitative estimate of drug-likeness (QED) is 0.718. The second kappa shape index (κ2) is 4.24. The number of rotatable bonds is 2. The maximum Gasteiger partial charge on any atom is 0.409 e. The number of carbonyl (C=O) groups is 1. The Balaban J connectivity index is 1.86. The minimum absolute atomic E-state index is 0.229. The van der Waals surface area contributed by atoms with Crippen molar-refractivity contribution in [1.82, 2.24) is 9.80 Å². The SMILES string of the molecule is CN(C)C(=O)OC[C@H]1CC[C@]2(C)CCCN12. The fraction of sp³-hybridized carbons (Fsp3) is 0.917. The molecule has 2 rings (SSSR count). The molecule has 0 aromatic carbocycles. The standard InChI is InChI=1S/C12H22N2O2/c1-12-6-4-8-14(12)10(5-7-12)9-16-11(15)13(2)3/h10H,4-9H2,1-3H3/t10-,12+/m1/s1. The summed E-state index contributed by atoms with van der Waals surface area (Å²) in [6, 6.07) is 0.441. The molecule has 0 aromatic heterocycles. The Hall–Kier alpha value is -0.770. The van der Waals surface area contributed by atoms with Gasteiger partial charge in [0.2, 0.25) is 0 Å². The highest BCUT2D eigenvalue weighted by molar-refractivity contribution is 5.66. The van der Waals surface area contributed by atoms with Crippen molar-refractivity contribution < 1.29 is 9.53 Å². The second-order valence-electron chi connectivity index (χ2n) is 5.46. The molecule has 2 aliphatic rings. The Morgan fingerprint density at radius 3 is 2.94 bits per heavy atom. The van der Waals surface area contributed by atoms with Gasteiger partial charge in [0, 0.05) is 25.7 Å². The van der Waals surface area contributed by atoms with Gasteiger partial charge in [0.1, 0.15) is 6.61 Å². The molecule has 0 bridgehead atoms. The molecule has 0 aliphatic carbocycles. The summed E-state index contributed by atoms with van der Waals surface area (Å²) in [7, 11) is 3.44. The van der Waals surface area contributed by atoms with Crippen molar-refractivity contribution in [1.29, 1.82) is 0 Å². The van der Waals surface area contributed by atoms with Crippen LogP contribution in [0.15, 0.2) is 0 Å². The molecule has 16 heavy (non-hydrogen) atoms. The van der Waals surface area contributed by atoms with Gasteiger partial charge < -0.3 is 9.64 Å². The number of nitrogens with zero attached hydrogens (tertiary/aromatic N) is 2. The fourth-order valence-corrected chi connectivity index (χ4v) is 3.04. The van der Waals surface area contributed by atoms with Crippen LogP contribution in [0.4, 0.5) is 4.79 Å². The van der Waals surface area contributed by atoms with E-state index in [4.69, 9.17) is 4.74 Å². The van der Waals surface area contributed by atoms with Crippen LogP contribution in [0, 0.1) is 0 Å². The van der Waals surface area contributed by atoms with Gasteiger partial charge in [0.05, 0.1) is 0 Å². The van der Waals surface area contributed by atoms with Crippen LogP contribution in [0.1, 0.15) is 32.6 Å². The van der Waals surface area contributed by atoms with E-state index >= 15 is 0 Å². The predicted molar refractivity (Wildman–Crippen MR) is 62.4 cm³/mol. The maximum atomic E-state index is 11.4. The molecule has 0 spiro atoms. The molecule has 0 N–H and O–H groups in total. The highest BCUT2D eigenvalue weighted by atomic mass is 16.6. The Morgan fingerprint density at radius 1 is 1.50 bits per heavy atom. The molecule has 4 nitrogen and oxygen atoms in total. The van der Waals surface area contributed by atoms with E-state index in [9.17, 15) is 4.79 Å². The molecule has 0 saturated carbocycles. The summed E-state index contributed by atoms with van der Waals surface area (Å²) in [6.07, 6.45) is 4.77. The summed E-state index contributed by atoms with van der Waals surface area (Å²) < 4.78 is 5.29. The molecule has 2 heterocycles. The Bertz CT molecular complexity index is 280. The van der Waals surface area contributed by atoms with Gasteiger partial charge in [-0.3, -0.25) is 4.90 Å². The van der Waals surface area contributed by atoms with Gasteiger partial charge in [-0.2, -0.15) is 0 Å². The predicted octanol–water partition coefficient (Wildman–Crippen LogP) is 1.70. The molecule has 4 heteroatoms. The van der Waals surface area contributed by atoms with Gasteiger partial charge in [-0.25, -0.2) is 4.79 Å². The highest BCUT2D eigenvalue weighted by Gasteiger charge is 2.45. The summed E-state index contributed by atoms with van der Waals surface area (Å²) in [4.78, 5) is 15.4. The minimum Gasteiger partial charge on any atom is -0.448 e. The molecule has 2 fully saturated rings. The average Bonchev–Trinajstić information content (AvgIpc) is 2.72. The van der Waals surface area contributed by atoms with Gasteiger partial charge in [0.15, 0.2) is 0 Å². The highest BCUT2D eigenvalue weighted by Crippen LogP contribution is 2.41. The lowest BCUT2D eigenvalue weighted by molar-refractivity contribution is 0.0731. The zero-order chi connectivity index (χ0) is 11.8. The largest absolute Gasteiger partial charge is 0.448 e. The van der Waals surface area contributed by atoms with Crippen molar-refractivity contribution in [2.24, 2.45) is 0 Å². The van der Waals surface area contributed by atoms with Crippen LogP contribution in [0.5, 0.6) is 0 Å². The molecule has 1 amide bonds. The van der Waals surface area contributed by atoms with E-state index in [1.165, 1.54) is 30.7 Å². The van der Waals surface area contributed by atoms with Gasteiger partial charge in [-0.05, 0) is 39.2 Å². The third-order valence-corrected chi connectivity index (χ3v) is 4.03. The summed E-state index contributed by atoms with van der Waals surface area (Å²) in [5.74, 6) is 0. The van der Waals surface area contributed by atoms with Crippen LogP contribution < -0.4 is 0 Å². The molecule has 0 radical (unpaired) electrons. The van der Waals surface area contributed by atoms with Crippen molar-refractivity contribution in [2.75, 3.05) is 27.2 Å². The molecule has 0 aromatic rings. The number of carbonyl (C=O) groups excluding carboxylic acids is 1. The lowest BCUT2D eigenvalue weighted by Crippen LogP contribution is -2.42. The van der Waals surface area contributed by atoms with Gasteiger partial charge in [-0.1, -0.05) is 0 Å². The molecule has 2 atom stereocenters.